The van der Waals surface area contributed by atoms with E-state index in [-0.39, 0.29) is 0 Å². The van der Waals surface area contributed by atoms with Crippen molar-refractivity contribution in [3.63, 3.8) is 0 Å². The van der Waals surface area contributed by atoms with Gasteiger partial charge in [0.2, 0.25) is 0 Å². The van der Waals surface area contributed by atoms with Gasteiger partial charge in [-0.3, -0.25) is 4.90 Å². The summed E-state index contributed by atoms with van der Waals surface area (Å²) in [6.45, 7) is 22.0. The van der Waals surface area contributed by atoms with E-state index >= 15 is 0 Å². The van der Waals surface area contributed by atoms with Crippen LogP contribution in [0.3, 0.4) is 0 Å². The number of piperidine rings is 1. The number of nitrogens with zero attached hydrogens (tertiary/aromatic N) is 2. The van der Waals surface area contributed by atoms with Crippen LogP contribution in [0.15, 0.2) is 72.1 Å². The second-order valence-corrected chi connectivity index (χ2v) is 13.7. The number of likely N-dealkylation sites (tertiary alicyclic amines) is 1. The molecule has 0 radical (unpaired) electrons. The van der Waals surface area contributed by atoms with Crippen molar-refractivity contribution in [3.05, 3.63) is 94.4 Å². The molecule has 44 heavy (non-hydrogen) atoms. The van der Waals surface area contributed by atoms with Gasteiger partial charge >= 0.3 is 0 Å². The van der Waals surface area contributed by atoms with Crippen LogP contribution in [-0.2, 0) is 6.42 Å². The molecule has 6 rings (SSSR count). The Bertz CT molecular complexity index is 1460. The Morgan fingerprint density at radius 1 is 0.955 bits per heavy atom. The molecular formula is C40H54N4. The summed E-state index contributed by atoms with van der Waals surface area (Å²) in [5.41, 5.74) is 15.3. The Hall–Kier alpha value is -3.24. The van der Waals surface area contributed by atoms with E-state index in [2.05, 4.69) is 97.7 Å². The zero-order valence-electron chi connectivity index (χ0n) is 27.8. The van der Waals surface area contributed by atoms with Gasteiger partial charge in [0.25, 0.3) is 0 Å². The highest BCUT2D eigenvalue weighted by atomic mass is 15.2. The van der Waals surface area contributed by atoms with E-state index in [0.717, 1.165) is 23.6 Å². The number of hydrogen-bond donors (Lipinski definition) is 2. The zero-order valence-corrected chi connectivity index (χ0v) is 27.8. The maximum Gasteiger partial charge on any atom is 0.0423 e. The first kappa shape index (κ1) is 30.8. The number of benzene rings is 2. The molecule has 0 aromatic heterocycles. The minimum Gasteiger partial charge on any atom is -0.381 e. The quantitative estimate of drug-likeness (QED) is 0.305. The number of rotatable bonds is 9. The summed E-state index contributed by atoms with van der Waals surface area (Å²) in [4.78, 5) is 5.46. The third-order valence-corrected chi connectivity index (χ3v) is 10.8. The summed E-state index contributed by atoms with van der Waals surface area (Å²) in [7, 11) is 0. The van der Waals surface area contributed by atoms with Crippen LogP contribution in [-0.4, -0.2) is 37.1 Å². The van der Waals surface area contributed by atoms with Gasteiger partial charge in [-0.25, -0.2) is 0 Å². The Morgan fingerprint density at radius 2 is 1.70 bits per heavy atom. The second kappa shape index (κ2) is 13.4. The fourth-order valence-corrected chi connectivity index (χ4v) is 8.40. The molecule has 2 N–H and O–H groups in total. The largest absolute Gasteiger partial charge is 0.381 e. The molecule has 2 aromatic carbocycles. The standard InChI is InChI=1S/C40H54N4/c1-7-44(35-14-10-8-11-15-35)40-25-34(33-17-16-32-18-19-39(37(32)23-33)43-20-12-9-13-21-43)24-36(29(40)4)30(5)41-26-38-27(2)22-28(3)42-31(38)6/h16-17,22-25,35,39,41-42H,5-15,18-21,26H2,1-4H3. The third-order valence-electron chi connectivity index (χ3n) is 10.8. The molecule has 234 valence electrons. The summed E-state index contributed by atoms with van der Waals surface area (Å²) < 4.78 is 0. The molecule has 4 aliphatic rings. The van der Waals surface area contributed by atoms with E-state index in [4.69, 9.17) is 0 Å². The van der Waals surface area contributed by atoms with E-state index in [1.54, 1.807) is 11.1 Å². The number of anilines is 1. The van der Waals surface area contributed by atoms with Crippen LogP contribution in [0.25, 0.3) is 16.8 Å². The van der Waals surface area contributed by atoms with Gasteiger partial charge in [0.05, 0.1) is 0 Å². The molecule has 4 nitrogen and oxygen atoms in total. The van der Waals surface area contributed by atoms with Crippen LogP contribution in [0.4, 0.5) is 5.69 Å². The Labute approximate surface area is 267 Å². The van der Waals surface area contributed by atoms with Crippen LogP contribution >= 0.6 is 0 Å². The molecule has 1 saturated carbocycles. The van der Waals surface area contributed by atoms with Gasteiger partial charge in [-0.1, -0.05) is 51.0 Å². The summed E-state index contributed by atoms with van der Waals surface area (Å²) in [5.74, 6) is 0. The summed E-state index contributed by atoms with van der Waals surface area (Å²) in [6.07, 6.45) is 15.4. The lowest BCUT2D eigenvalue weighted by atomic mass is 9.90. The normalized spacial score (nSPS) is 21.1. The molecule has 1 unspecified atom stereocenters. The minimum absolute atomic E-state index is 0.576. The van der Waals surface area contributed by atoms with Gasteiger partial charge < -0.3 is 15.5 Å². The smallest absolute Gasteiger partial charge is 0.0423 e. The highest BCUT2D eigenvalue weighted by molar-refractivity contribution is 5.80. The average molecular weight is 591 g/mol. The van der Waals surface area contributed by atoms with Crippen LogP contribution < -0.4 is 15.5 Å². The number of aryl methyl sites for hydroxylation is 1. The molecule has 0 bridgehead atoms. The molecule has 2 fully saturated rings. The van der Waals surface area contributed by atoms with E-state index in [1.165, 1.54) is 116 Å². The maximum absolute atomic E-state index is 4.62. The van der Waals surface area contributed by atoms with Gasteiger partial charge in [-0.05, 0) is 143 Å². The monoisotopic (exact) mass is 590 g/mol. The second-order valence-electron chi connectivity index (χ2n) is 13.7. The van der Waals surface area contributed by atoms with Crippen LogP contribution in [0.5, 0.6) is 0 Å². The number of fused-ring (bicyclic) bond motifs is 1. The third kappa shape index (κ3) is 6.29. The lowest BCUT2D eigenvalue weighted by Crippen LogP contribution is -2.37. The van der Waals surface area contributed by atoms with Crippen molar-refractivity contribution in [3.8, 4) is 11.1 Å². The fourth-order valence-electron chi connectivity index (χ4n) is 8.40. The van der Waals surface area contributed by atoms with E-state index < -0.39 is 0 Å². The van der Waals surface area contributed by atoms with Crippen molar-refractivity contribution in [2.75, 3.05) is 31.1 Å². The molecule has 2 aromatic rings. The van der Waals surface area contributed by atoms with E-state index in [9.17, 15) is 0 Å². The molecule has 0 amide bonds. The first-order chi connectivity index (χ1) is 21.3. The first-order valence-corrected chi connectivity index (χ1v) is 17.4. The van der Waals surface area contributed by atoms with E-state index in [1.807, 2.05) is 0 Å². The van der Waals surface area contributed by atoms with Gasteiger partial charge in [0, 0.05) is 53.5 Å². The lowest BCUT2D eigenvalue weighted by Gasteiger charge is -2.37. The molecule has 1 saturated heterocycles. The number of hydrogen-bond acceptors (Lipinski definition) is 4. The molecule has 2 aliphatic heterocycles. The molecule has 2 aliphatic carbocycles. The van der Waals surface area contributed by atoms with Crippen molar-refractivity contribution in [2.24, 2.45) is 0 Å². The molecular weight excluding hydrogens is 536 g/mol. The fraction of sp³-hybridized carbons (Fsp3) is 0.500. The lowest BCUT2D eigenvalue weighted by molar-refractivity contribution is 0.163. The van der Waals surface area contributed by atoms with Crippen molar-refractivity contribution < 1.29 is 0 Å². The van der Waals surface area contributed by atoms with Crippen molar-refractivity contribution in [2.45, 2.75) is 104 Å². The predicted octanol–water partition coefficient (Wildman–Crippen LogP) is 9.19. The van der Waals surface area contributed by atoms with Crippen molar-refractivity contribution in [1.82, 2.24) is 15.5 Å². The average Bonchev–Trinajstić information content (AvgIpc) is 3.46. The summed E-state index contributed by atoms with van der Waals surface area (Å²) >= 11 is 0. The highest BCUT2D eigenvalue weighted by Crippen LogP contribution is 2.41. The molecule has 2 heterocycles. The zero-order chi connectivity index (χ0) is 30.8. The Kier molecular flexibility index (Phi) is 9.37. The number of allylic oxidation sites excluding steroid dienone is 3. The molecule has 4 heteroatoms. The van der Waals surface area contributed by atoms with Gasteiger partial charge in [0.1, 0.15) is 0 Å². The van der Waals surface area contributed by atoms with Gasteiger partial charge in [-0.15, -0.1) is 0 Å². The first-order valence-electron chi connectivity index (χ1n) is 17.4. The van der Waals surface area contributed by atoms with E-state index in [0.29, 0.717) is 18.6 Å². The minimum atomic E-state index is 0.576. The number of nitrogens with one attached hydrogen (secondary N) is 2. The predicted molar refractivity (Wildman–Crippen MR) is 189 cm³/mol. The van der Waals surface area contributed by atoms with Crippen LogP contribution in [0, 0.1) is 6.92 Å². The Balaban J connectivity index is 1.37. The maximum atomic E-state index is 4.62. The number of dihydropyridines is 1. The topological polar surface area (TPSA) is 30.5 Å². The van der Waals surface area contributed by atoms with Gasteiger partial charge in [-0.2, -0.15) is 0 Å². The Morgan fingerprint density at radius 3 is 2.43 bits per heavy atom. The van der Waals surface area contributed by atoms with Crippen LogP contribution in [0.2, 0.25) is 0 Å². The highest BCUT2D eigenvalue weighted by Gasteiger charge is 2.30. The van der Waals surface area contributed by atoms with Gasteiger partial charge in [0.15, 0.2) is 0 Å². The van der Waals surface area contributed by atoms with Crippen molar-refractivity contribution >= 4 is 11.4 Å². The van der Waals surface area contributed by atoms with Crippen LogP contribution in [0.1, 0.15) is 107 Å². The molecule has 1 atom stereocenters. The summed E-state index contributed by atoms with van der Waals surface area (Å²) in [6, 6.07) is 13.4. The SMILES string of the molecule is C=C1NC(C)=CC(C)=C1CNC(=C)c1cc(-c2ccc3c(c2)C(N2CCCCC2)CC3)cc(N(CC)C2CCCCC2)c1C. The summed E-state index contributed by atoms with van der Waals surface area (Å²) in [5, 5.41) is 7.12. The molecule has 0 spiro atoms. The van der Waals surface area contributed by atoms with Crippen molar-refractivity contribution in [1.29, 1.82) is 0 Å².